The maximum Gasteiger partial charge on any atom is 0.0966 e. The van der Waals surface area contributed by atoms with E-state index in [1.54, 1.807) is 0 Å². The molecule has 3 atom stereocenters. The Bertz CT molecular complexity index is 602. The quantitative estimate of drug-likeness (QED) is 0.918. The van der Waals surface area contributed by atoms with E-state index in [0.717, 1.165) is 23.4 Å². The molecule has 0 aliphatic heterocycles. The van der Waals surface area contributed by atoms with Gasteiger partial charge in [-0.25, -0.2) is 4.98 Å². The van der Waals surface area contributed by atoms with E-state index in [1.165, 1.54) is 41.8 Å². The largest absolute Gasteiger partial charge is 0.326 e. The minimum Gasteiger partial charge on any atom is -0.326 e. The molecule has 2 aliphatic rings. The van der Waals surface area contributed by atoms with Crippen LogP contribution in [-0.2, 0) is 6.54 Å². The van der Waals surface area contributed by atoms with Crippen molar-refractivity contribution in [1.29, 1.82) is 0 Å². The summed E-state index contributed by atoms with van der Waals surface area (Å²) in [7, 11) is 0. The van der Waals surface area contributed by atoms with Gasteiger partial charge >= 0.3 is 0 Å². The summed E-state index contributed by atoms with van der Waals surface area (Å²) >= 11 is 1.86. The van der Waals surface area contributed by atoms with E-state index in [-0.39, 0.29) is 0 Å². The van der Waals surface area contributed by atoms with Gasteiger partial charge in [0.05, 0.1) is 10.7 Å². The van der Waals surface area contributed by atoms with Crippen LogP contribution in [0.3, 0.4) is 0 Å². The number of rotatable bonds is 3. The molecule has 20 heavy (non-hydrogen) atoms. The SMILES string of the molecule is NCc1ccc(-c2csc(C3CC4CCC3C4)n2)cc1. The predicted molar refractivity (Wildman–Crippen MR) is 83.6 cm³/mol. The predicted octanol–water partition coefficient (Wildman–Crippen LogP) is 4.17. The van der Waals surface area contributed by atoms with E-state index in [0.29, 0.717) is 6.54 Å². The standard InChI is InChI=1S/C17H20N2S/c18-9-11-1-4-13(5-2-11)16-10-20-17(19-16)15-8-12-3-6-14(15)7-12/h1-2,4-5,10,12,14-15H,3,6-9,18H2. The van der Waals surface area contributed by atoms with E-state index >= 15 is 0 Å². The first-order valence-electron chi connectivity index (χ1n) is 7.58. The first-order valence-corrected chi connectivity index (χ1v) is 8.46. The Hall–Kier alpha value is -1.19. The van der Waals surface area contributed by atoms with Gasteiger partial charge in [-0.15, -0.1) is 11.3 Å². The minimum atomic E-state index is 0.605. The Labute approximate surface area is 124 Å². The van der Waals surface area contributed by atoms with Crippen molar-refractivity contribution in [3.8, 4) is 11.3 Å². The van der Waals surface area contributed by atoms with Gasteiger partial charge in [-0.3, -0.25) is 0 Å². The van der Waals surface area contributed by atoms with Crippen molar-refractivity contribution in [2.24, 2.45) is 17.6 Å². The molecule has 2 aromatic rings. The summed E-state index contributed by atoms with van der Waals surface area (Å²) < 4.78 is 0. The zero-order valence-electron chi connectivity index (χ0n) is 11.6. The number of hydrogen-bond acceptors (Lipinski definition) is 3. The average Bonchev–Trinajstić information content (AvgIpc) is 3.23. The molecule has 2 fully saturated rings. The van der Waals surface area contributed by atoms with Crippen molar-refractivity contribution < 1.29 is 0 Å². The Morgan fingerprint density at radius 1 is 1.15 bits per heavy atom. The lowest BCUT2D eigenvalue weighted by atomic mass is 9.89. The molecule has 1 aromatic carbocycles. The van der Waals surface area contributed by atoms with E-state index in [2.05, 4.69) is 29.6 Å². The number of thiazole rings is 1. The fourth-order valence-corrected chi connectivity index (χ4v) is 4.98. The first kappa shape index (κ1) is 12.5. The van der Waals surface area contributed by atoms with Gasteiger partial charge in [-0.05, 0) is 36.7 Å². The number of nitrogens with two attached hydrogens (primary N) is 1. The summed E-state index contributed by atoms with van der Waals surface area (Å²) in [6, 6.07) is 8.49. The second kappa shape index (κ2) is 4.97. The molecule has 2 aliphatic carbocycles. The highest BCUT2D eigenvalue weighted by molar-refractivity contribution is 7.10. The Morgan fingerprint density at radius 3 is 2.65 bits per heavy atom. The zero-order chi connectivity index (χ0) is 13.5. The van der Waals surface area contributed by atoms with Gasteiger partial charge < -0.3 is 5.73 Å². The summed E-state index contributed by atoms with van der Waals surface area (Å²) in [6.07, 6.45) is 5.71. The fraction of sp³-hybridized carbons (Fsp3) is 0.471. The van der Waals surface area contributed by atoms with Crippen molar-refractivity contribution in [3.63, 3.8) is 0 Å². The van der Waals surface area contributed by atoms with Crippen LogP contribution >= 0.6 is 11.3 Å². The van der Waals surface area contributed by atoms with Gasteiger partial charge in [0.2, 0.25) is 0 Å². The van der Waals surface area contributed by atoms with Crippen LogP contribution in [0, 0.1) is 11.8 Å². The third-order valence-electron chi connectivity index (χ3n) is 5.06. The van der Waals surface area contributed by atoms with E-state index < -0.39 is 0 Å². The third kappa shape index (κ3) is 2.09. The number of aromatic nitrogens is 1. The van der Waals surface area contributed by atoms with Crippen LogP contribution in [0.15, 0.2) is 29.6 Å². The van der Waals surface area contributed by atoms with Crippen molar-refractivity contribution in [2.75, 3.05) is 0 Å². The van der Waals surface area contributed by atoms with Crippen molar-refractivity contribution in [3.05, 3.63) is 40.2 Å². The minimum absolute atomic E-state index is 0.605. The molecule has 0 spiro atoms. The molecule has 2 nitrogen and oxygen atoms in total. The molecule has 3 unspecified atom stereocenters. The van der Waals surface area contributed by atoms with Crippen molar-refractivity contribution in [1.82, 2.24) is 4.98 Å². The Balaban J connectivity index is 1.58. The van der Waals surface area contributed by atoms with Gasteiger partial charge in [0.15, 0.2) is 0 Å². The monoisotopic (exact) mass is 284 g/mol. The Morgan fingerprint density at radius 2 is 2.00 bits per heavy atom. The molecule has 4 rings (SSSR count). The highest BCUT2D eigenvalue weighted by Gasteiger charge is 2.41. The topological polar surface area (TPSA) is 38.9 Å². The molecule has 0 amide bonds. The lowest BCUT2D eigenvalue weighted by Gasteiger charge is -2.18. The van der Waals surface area contributed by atoms with Crippen LogP contribution in [0.1, 0.15) is 42.2 Å². The molecular formula is C17H20N2S. The van der Waals surface area contributed by atoms with Crippen LogP contribution in [0.4, 0.5) is 0 Å². The van der Waals surface area contributed by atoms with Crippen molar-refractivity contribution in [2.45, 2.75) is 38.1 Å². The first-order chi connectivity index (χ1) is 9.83. The lowest BCUT2D eigenvalue weighted by Crippen LogP contribution is -2.07. The van der Waals surface area contributed by atoms with Gasteiger partial charge in [0.1, 0.15) is 0 Å². The smallest absolute Gasteiger partial charge is 0.0966 e. The van der Waals surface area contributed by atoms with Crippen LogP contribution < -0.4 is 5.73 Å². The number of benzene rings is 1. The zero-order valence-corrected chi connectivity index (χ0v) is 12.4. The highest BCUT2D eigenvalue weighted by atomic mass is 32.1. The molecule has 2 N–H and O–H groups in total. The molecule has 2 bridgehead atoms. The summed E-state index contributed by atoms with van der Waals surface area (Å²) in [5.74, 6) is 2.65. The molecule has 104 valence electrons. The highest BCUT2D eigenvalue weighted by Crippen LogP contribution is 2.53. The summed E-state index contributed by atoms with van der Waals surface area (Å²) in [4.78, 5) is 4.92. The van der Waals surface area contributed by atoms with Crippen LogP contribution in [0.5, 0.6) is 0 Å². The van der Waals surface area contributed by atoms with Gasteiger partial charge in [-0.1, -0.05) is 30.7 Å². The molecular weight excluding hydrogens is 264 g/mol. The third-order valence-corrected chi connectivity index (χ3v) is 6.04. The molecule has 3 heteroatoms. The fourth-order valence-electron chi connectivity index (χ4n) is 3.95. The second-order valence-electron chi connectivity index (χ2n) is 6.25. The normalized spacial score (nSPS) is 28.1. The summed E-state index contributed by atoms with van der Waals surface area (Å²) in [5.41, 5.74) is 9.18. The molecule has 1 heterocycles. The average molecular weight is 284 g/mol. The Kier molecular flexibility index (Phi) is 3.12. The number of fused-ring (bicyclic) bond motifs is 2. The van der Waals surface area contributed by atoms with Crippen LogP contribution in [0.2, 0.25) is 0 Å². The number of hydrogen-bond donors (Lipinski definition) is 1. The maximum atomic E-state index is 5.65. The maximum absolute atomic E-state index is 5.65. The van der Waals surface area contributed by atoms with E-state index in [9.17, 15) is 0 Å². The van der Waals surface area contributed by atoms with Gasteiger partial charge in [0, 0.05) is 23.4 Å². The van der Waals surface area contributed by atoms with Crippen LogP contribution in [0.25, 0.3) is 11.3 Å². The molecule has 0 radical (unpaired) electrons. The van der Waals surface area contributed by atoms with Crippen LogP contribution in [-0.4, -0.2) is 4.98 Å². The second-order valence-corrected chi connectivity index (χ2v) is 7.14. The lowest BCUT2D eigenvalue weighted by molar-refractivity contribution is 0.419. The molecule has 0 saturated heterocycles. The van der Waals surface area contributed by atoms with E-state index in [4.69, 9.17) is 10.7 Å². The van der Waals surface area contributed by atoms with Gasteiger partial charge in [-0.2, -0.15) is 0 Å². The summed E-state index contributed by atoms with van der Waals surface area (Å²) in [6.45, 7) is 0.605. The molecule has 2 saturated carbocycles. The van der Waals surface area contributed by atoms with E-state index in [1.807, 2.05) is 11.3 Å². The summed E-state index contributed by atoms with van der Waals surface area (Å²) in [5, 5.41) is 3.59. The number of nitrogens with zero attached hydrogens (tertiary/aromatic N) is 1. The molecule has 1 aromatic heterocycles. The van der Waals surface area contributed by atoms with Gasteiger partial charge in [0.25, 0.3) is 0 Å². The van der Waals surface area contributed by atoms with Crippen molar-refractivity contribution >= 4 is 11.3 Å².